The van der Waals surface area contributed by atoms with Crippen molar-refractivity contribution in [3.63, 3.8) is 0 Å². The van der Waals surface area contributed by atoms with Gasteiger partial charge in [-0.3, -0.25) is 0 Å². The van der Waals surface area contributed by atoms with Crippen molar-refractivity contribution in [2.45, 2.75) is 38.4 Å². The van der Waals surface area contributed by atoms with E-state index in [2.05, 4.69) is 0 Å². The number of hydrogen-bond donors (Lipinski definition) is 1. The van der Waals surface area contributed by atoms with Crippen molar-refractivity contribution in [1.29, 1.82) is 0 Å². The number of ether oxygens (including phenoxy) is 1. The van der Waals surface area contributed by atoms with E-state index in [1.807, 2.05) is 0 Å². The minimum Gasteiger partial charge on any atom is -0.373 e. The summed E-state index contributed by atoms with van der Waals surface area (Å²) in [5, 5.41) is 0.426. The zero-order chi connectivity index (χ0) is 13.0. The van der Waals surface area contributed by atoms with Gasteiger partial charge in [0.05, 0.1) is 12.7 Å². The molecule has 4 heteroatoms. The molecule has 0 amide bonds. The standard InChI is InChI=1S/C14H19ClFNO/c15-12-5-3-6-13(16)11(12)9-18-14-7-2-1-4-10(14)8-17/h3,5-6,10,14H,1-2,4,7-9,17H2. The Morgan fingerprint density at radius 1 is 1.33 bits per heavy atom. The summed E-state index contributed by atoms with van der Waals surface area (Å²) in [6, 6.07) is 4.70. The SMILES string of the molecule is NCC1CCCCC1OCc1c(F)cccc1Cl. The summed E-state index contributed by atoms with van der Waals surface area (Å²) in [7, 11) is 0. The molecule has 0 aliphatic heterocycles. The van der Waals surface area contributed by atoms with Crippen LogP contribution in [0.3, 0.4) is 0 Å². The van der Waals surface area contributed by atoms with E-state index in [0.29, 0.717) is 23.0 Å². The van der Waals surface area contributed by atoms with Crippen LogP contribution in [0.4, 0.5) is 4.39 Å². The average molecular weight is 272 g/mol. The van der Waals surface area contributed by atoms with E-state index in [4.69, 9.17) is 22.1 Å². The highest BCUT2D eigenvalue weighted by Gasteiger charge is 2.25. The van der Waals surface area contributed by atoms with Crippen molar-refractivity contribution in [3.05, 3.63) is 34.6 Å². The van der Waals surface area contributed by atoms with E-state index >= 15 is 0 Å². The van der Waals surface area contributed by atoms with E-state index in [1.165, 1.54) is 12.5 Å². The van der Waals surface area contributed by atoms with Crippen LogP contribution in [0.5, 0.6) is 0 Å². The second kappa shape index (κ2) is 6.50. The largest absolute Gasteiger partial charge is 0.373 e. The molecular formula is C14H19ClFNO. The fourth-order valence-corrected chi connectivity index (χ4v) is 2.74. The molecule has 2 nitrogen and oxygen atoms in total. The molecule has 0 saturated heterocycles. The van der Waals surface area contributed by atoms with E-state index in [0.717, 1.165) is 19.3 Å². The fraction of sp³-hybridized carbons (Fsp3) is 0.571. The topological polar surface area (TPSA) is 35.2 Å². The van der Waals surface area contributed by atoms with Crippen LogP contribution in [0.15, 0.2) is 18.2 Å². The zero-order valence-corrected chi connectivity index (χ0v) is 11.1. The Hall–Kier alpha value is -0.640. The van der Waals surface area contributed by atoms with Crippen LogP contribution in [-0.4, -0.2) is 12.6 Å². The van der Waals surface area contributed by atoms with Gasteiger partial charge in [0, 0.05) is 10.6 Å². The van der Waals surface area contributed by atoms with Crippen LogP contribution >= 0.6 is 11.6 Å². The molecule has 0 bridgehead atoms. The predicted octanol–water partition coefficient (Wildman–Crippen LogP) is 3.51. The number of nitrogens with two attached hydrogens (primary N) is 1. The Kier molecular flexibility index (Phi) is 4.98. The molecule has 1 fully saturated rings. The van der Waals surface area contributed by atoms with Gasteiger partial charge in [-0.05, 0) is 37.4 Å². The monoisotopic (exact) mass is 271 g/mol. The van der Waals surface area contributed by atoms with Gasteiger partial charge in [0.15, 0.2) is 0 Å². The van der Waals surface area contributed by atoms with Gasteiger partial charge >= 0.3 is 0 Å². The molecule has 100 valence electrons. The maximum Gasteiger partial charge on any atom is 0.130 e. The van der Waals surface area contributed by atoms with Gasteiger partial charge in [0.25, 0.3) is 0 Å². The molecule has 1 aromatic rings. The average Bonchev–Trinajstić information content (AvgIpc) is 2.38. The van der Waals surface area contributed by atoms with Crippen molar-refractivity contribution in [1.82, 2.24) is 0 Å². The maximum atomic E-state index is 13.6. The molecule has 18 heavy (non-hydrogen) atoms. The number of benzene rings is 1. The first-order valence-electron chi connectivity index (χ1n) is 6.47. The van der Waals surface area contributed by atoms with Crippen molar-refractivity contribution in [3.8, 4) is 0 Å². The molecule has 0 spiro atoms. The van der Waals surface area contributed by atoms with Crippen molar-refractivity contribution in [2.75, 3.05) is 6.54 Å². The highest BCUT2D eigenvalue weighted by molar-refractivity contribution is 6.31. The smallest absolute Gasteiger partial charge is 0.130 e. The normalized spacial score (nSPS) is 24.2. The Morgan fingerprint density at radius 3 is 2.83 bits per heavy atom. The lowest BCUT2D eigenvalue weighted by Gasteiger charge is -2.30. The highest BCUT2D eigenvalue weighted by atomic mass is 35.5. The molecule has 0 radical (unpaired) electrons. The lowest BCUT2D eigenvalue weighted by molar-refractivity contribution is -0.0192. The van der Waals surface area contributed by atoms with Crippen LogP contribution in [0.1, 0.15) is 31.2 Å². The molecule has 1 aliphatic carbocycles. The first-order chi connectivity index (χ1) is 8.72. The molecule has 1 aliphatic rings. The van der Waals surface area contributed by atoms with Crippen LogP contribution in [-0.2, 0) is 11.3 Å². The third kappa shape index (κ3) is 3.22. The quantitative estimate of drug-likeness (QED) is 0.909. The predicted molar refractivity (Wildman–Crippen MR) is 71.0 cm³/mol. The van der Waals surface area contributed by atoms with E-state index < -0.39 is 0 Å². The zero-order valence-electron chi connectivity index (χ0n) is 10.4. The van der Waals surface area contributed by atoms with E-state index in [9.17, 15) is 4.39 Å². The lowest BCUT2D eigenvalue weighted by atomic mass is 9.86. The lowest BCUT2D eigenvalue weighted by Crippen LogP contribution is -2.33. The first kappa shape index (κ1) is 13.8. The number of hydrogen-bond acceptors (Lipinski definition) is 2. The highest BCUT2D eigenvalue weighted by Crippen LogP contribution is 2.28. The second-order valence-corrected chi connectivity index (χ2v) is 5.24. The Bertz CT molecular complexity index is 379. The van der Waals surface area contributed by atoms with Crippen molar-refractivity contribution >= 4 is 11.6 Å². The van der Waals surface area contributed by atoms with Crippen LogP contribution in [0, 0.1) is 11.7 Å². The summed E-state index contributed by atoms with van der Waals surface area (Å²) in [6.07, 6.45) is 4.62. The van der Waals surface area contributed by atoms with Crippen molar-refractivity contribution < 1.29 is 9.13 Å². The van der Waals surface area contributed by atoms with Gasteiger partial charge in [-0.2, -0.15) is 0 Å². The van der Waals surface area contributed by atoms with Crippen LogP contribution in [0.2, 0.25) is 5.02 Å². The van der Waals surface area contributed by atoms with Crippen molar-refractivity contribution in [2.24, 2.45) is 11.7 Å². The Labute approximate surface area is 112 Å². The van der Waals surface area contributed by atoms with Gasteiger partial charge < -0.3 is 10.5 Å². The minimum absolute atomic E-state index is 0.138. The molecule has 0 aromatic heterocycles. The molecule has 1 saturated carbocycles. The summed E-state index contributed by atoms with van der Waals surface area (Å²) in [5.74, 6) is 0.0897. The molecule has 1 aromatic carbocycles. The second-order valence-electron chi connectivity index (χ2n) is 4.83. The summed E-state index contributed by atoms with van der Waals surface area (Å²) in [4.78, 5) is 0. The van der Waals surface area contributed by atoms with E-state index in [1.54, 1.807) is 12.1 Å². The van der Waals surface area contributed by atoms with Crippen LogP contribution in [0.25, 0.3) is 0 Å². The van der Waals surface area contributed by atoms with Gasteiger partial charge in [-0.25, -0.2) is 4.39 Å². The molecule has 2 atom stereocenters. The van der Waals surface area contributed by atoms with Gasteiger partial charge in [0.2, 0.25) is 0 Å². The number of rotatable bonds is 4. The van der Waals surface area contributed by atoms with E-state index in [-0.39, 0.29) is 18.5 Å². The number of halogens is 2. The minimum atomic E-state index is -0.303. The first-order valence-corrected chi connectivity index (χ1v) is 6.84. The van der Waals surface area contributed by atoms with Gasteiger partial charge in [0.1, 0.15) is 5.82 Å². The summed E-state index contributed by atoms with van der Waals surface area (Å²) < 4.78 is 19.4. The molecule has 2 unspecified atom stereocenters. The molecular weight excluding hydrogens is 253 g/mol. The third-order valence-corrected chi connectivity index (χ3v) is 4.00. The van der Waals surface area contributed by atoms with Gasteiger partial charge in [-0.15, -0.1) is 0 Å². The molecule has 2 rings (SSSR count). The Morgan fingerprint density at radius 2 is 2.11 bits per heavy atom. The summed E-state index contributed by atoms with van der Waals surface area (Å²) >= 11 is 5.97. The summed E-state index contributed by atoms with van der Waals surface area (Å²) in [6.45, 7) is 0.863. The summed E-state index contributed by atoms with van der Waals surface area (Å²) in [5.41, 5.74) is 6.19. The Balaban J connectivity index is 1.98. The molecule has 2 N–H and O–H groups in total. The van der Waals surface area contributed by atoms with Crippen LogP contribution < -0.4 is 5.73 Å². The molecule has 0 heterocycles. The van der Waals surface area contributed by atoms with Gasteiger partial charge in [-0.1, -0.05) is 30.5 Å². The fourth-order valence-electron chi connectivity index (χ4n) is 2.52. The third-order valence-electron chi connectivity index (χ3n) is 3.65. The maximum absolute atomic E-state index is 13.6.